The molecule has 1 heterocycles. The van der Waals surface area contributed by atoms with E-state index in [4.69, 9.17) is 5.73 Å². The average molecular weight is 202 g/mol. The molecule has 0 aliphatic rings. The summed E-state index contributed by atoms with van der Waals surface area (Å²) in [5.74, 6) is 0. The van der Waals surface area contributed by atoms with Crippen molar-refractivity contribution in [1.82, 2.24) is 10.2 Å². The molecule has 4 N–H and O–H groups in total. The number of nitrogen functional groups attached to an aromatic ring is 1. The number of fused-ring (bicyclic) bond motifs is 1. The number of aromatic amines is 1. The van der Waals surface area contributed by atoms with Crippen molar-refractivity contribution in [2.24, 2.45) is 0 Å². The molecule has 0 spiro atoms. The van der Waals surface area contributed by atoms with E-state index in [0.717, 1.165) is 22.3 Å². The van der Waals surface area contributed by atoms with Crippen LogP contribution in [0.5, 0.6) is 0 Å². The van der Waals surface area contributed by atoms with Crippen LogP contribution in [0.1, 0.15) is 6.92 Å². The molecule has 0 fully saturated rings. The van der Waals surface area contributed by atoms with Crippen molar-refractivity contribution in [1.29, 1.82) is 0 Å². The van der Waals surface area contributed by atoms with Gasteiger partial charge in [-0.05, 0) is 19.1 Å². The summed E-state index contributed by atoms with van der Waals surface area (Å²) in [5, 5.41) is 11.1. The van der Waals surface area contributed by atoms with Gasteiger partial charge < -0.3 is 11.1 Å². The van der Waals surface area contributed by atoms with Crippen molar-refractivity contribution in [3.8, 4) is 0 Å². The quantitative estimate of drug-likeness (QED) is 0.527. The standard InChI is InChI=1S/C11H14N4/c1-3-7(2)14-11-5-10-8(4-9(11)12)6-13-15-10/h3-7,14H,1,12H2,2H3,(H,13,15). The third kappa shape index (κ3) is 1.79. The fourth-order valence-corrected chi connectivity index (χ4v) is 1.44. The van der Waals surface area contributed by atoms with E-state index in [-0.39, 0.29) is 6.04 Å². The fourth-order valence-electron chi connectivity index (χ4n) is 1.44. The van der Waals surface area contributed by atoms with Crippen molar-refractivity contribution >= 4 is 22.3 Å². The number of benzene rings is 1. The molecule has 2 aromatic rings. The minimum atomic E-state index is 0.188. The molecule has 0 aliphatic heterocycles. The number of hydrogen-bond acceptors (Lipinski definition) is 3. The van der Waals surface area contributed by atoms with Gasteiger partial charge in [0.2, 0.25) is 0 Å². The Labute approximate surface area is 88.2 Å². The number of aromatic nitrogens is 2. The van der Waals surface area contributed by atoms with E-state index in [9.17, 15) is 0 Å². The molecule has 0 bridgehead atoms. The predicted molar refractivity (Wildman–Crippen MR) is 63.8 cm³/mol. The highest BCUT2D eigenvalue weighted by Gasteiger charge is 2.04. The molecule has 0 saturated heterocycles. The maximum absolute atomic E-state index is 5.91. The number of nitrogens with one attached hydrogen (secondary N) is 2. The maximum Gasteiger partial charge on any atom is 0.0672 e. The van der Waals surface area contributed by atoms with Gasteiger partial charge in [-0.25, -0.2) is 0 Å². The van der Waals surface area contributed by atoms with E-state index < -0.39 is 0 Å². The van der Waals surface area contributed by atoms with Gasteiger partial charge in [-0.15, -0.1) is 6.58 Å². The van der Waals surface area contributed by atoms with Crippen LogP contribution in [0.4, 0.5) is 11.4 Å². The predicted octanol–water partition coefficient (Wildman–Crippen LogP) is 2.13. The molecule has 78 valence electrons. The van der Waals surface area contributed by atoms with Gasteiger partial charge in [0.25, 0.3) is 0 Å². The van der Waals surface area contributed by atoms with Crippen LogP contribution in [0.2, 0.25) is 0 Å². The lowest BCUT2D eigenvalue weighted by atomic mass is 10.2. The number of nitrogens with zero attached hydrogens (tertiary/aromatic N) is 1. The van der Waals surface area contributed by atoms with E-state index in [2.05, 4.69) is 22.1 Å². The minimum Gasteiger partial charge on any atom is -0.397 e. The molecule has 0 aliphatic carbocycles. The highest BCUT2D eigenvalue weighted by molar-refractivity contribution is 5.88. The zero-order chi connectivity index (χ0) is 10.8. The second-order valence-electron chi connectivity index (χ2n) is 3.57. The van der Waals surface area contributed by atoms with Gasteiger partial charge in [0.15, 0.2) is 0 Å². The van der Waals surface area contributed by atoms with Gasteiger partial charge in [0, 0.05) is 11.4 Å². The van der Waals surface area contributed by atoms with E-state index >= 15 is 0 Å². The largest absolute Gasteiger partial charge is 0.397 e. The number of hydrogen-bond donors (Lipinski definition) is 3. The molecule has 4 nitrogen and oxygen atoms in total. The molecule has 2 rings (SSSR count). The van der Waals surface area contributed by atoms with Crippen LogP contribution in [0.15, 0.2) is 31.0 Å². The summed E-state index contributed by atoms with van der Waals surface area (Å²) in [6.45, 7) is 5.73. The van der Waals surface area contributed by atoms with Crippen molar-refractivity contribution < 1.29 is 0 Å². The van der Waals surface area contributed by atoms with Crippen LogP contribution in [-0.4, -0.2) is 16.2 Å². The van der Waals surface area contributed by atoms with Crippen LogP contribution < -0.4 is 11.1 Å². The lowest BCUT2D eigenvalue weighted by Gasteiger charge is -2.13. The van der Waals surface area contributed by atoms with Crippen molar-refractivity contribution in [3.63, 3.8) is 0 Å². The molecule has 15 heavy (non-hydrogen) atoms. The Morgan fingerprint density at radius 1 is 1.60 bits per heavy atom. The highest BCUT2D eigenvalue weighted by atomic mass is 15.1. The van der Waals surface area contributed by atoms with Crippen molar-refractivity contribution in [2.75, 3.05) is 11.1 Å². The summed E-state index contributed by atoms with van der Waals surface area (Å²) in [6, 6.07) is 4.04. The van der Waals surface area contributed by atoms with Crippen LogP contribution >= 0.6 is 0 Å². The molecule has 1 atom stereocenters. The zero-order valence-corrected chi connectivity index (χ0v) is 8.62. The summed E-state index contributed by atoms with van der Waals surface area (Å²) < 4.78 is 0. The van der Waals surface area contributed by atoms with Gasteiger partial charge >= 0.3 is 0 Å². The third-order valence-corrected chi connectivity index (χ3v) is 2.35. The van der Waals surface area contributed by atoms with Gasteiger partial charge in [-0.3, -0.25) is 5.10 Å². The molecular weight excluding hydrogens is 188 g/mol. The Bertz CT molecular complexity index is 486. The van der Waals surface area contributed by atoms with Crippen molar-refractivity contribution in [2.45, 2.75) is 13.0 Å². The Hall–Kier alpha value is -1.97. The van der Waals surface area contributed by atoms with Crippen molar-refractivity contribution in [3.05, 3.63) is 31.0 Å². The van der Waals surface area contributed by atoms with E-state index in [0.29, 0.717) is 0 Å². The van der Waals surface area contributed by atoms with Gasteiger partial charge in [-0.2, -0.15) is 5.10 Å². The first kappa shape index (κ1) is 9.58. The first-order chi connectivity index (χ1) is 7.20. The Morgan fingerprint density at radius 3 is 3.13 bits per heavy atom. The van der Waals surface area contributed by atoms with E-state index in [1.165, 1.54) is 0 Å². The monoisotopic (exact) mass is 202 g/mol. The van der Waals surface area contributed by atoms with E-state index in [1.807, 2.05) is 25.1 Å². The smallest absolute Gasteiger partial charge is 0.0672 e. The average Bonchev–Trinajstić information content (AvgIpc) is 2.65. The minimum absolute atomic E-state index is 0.188. The topological polar surface area (TPSA) is 66.7 Å². The zero-order valence-electron chi connectivity index (χ0n) is 8.62. The molecule has 1 unspecified atom stereocenters. The number of rotatable bonds is 3. The Balaban J connectivity index is 2.41. The summed E-state index contributed by atoms with van der Waals surface area (Å²) >= 11 is 0. The molecule has 0 saturated carbocycles. The third-order valence-electron chi connectivity index (χ3n) is 2.35. The first-order valence-corrected chi connectivity index (χ1v) is 4.82. The SMILES string of the molecule is C=CC(C)Nc1cc2[nH]ncc2cc1N. The molecule has 0 radical (unpaired) electrons. The Morgan fingerprint density at radius 2 is 2.40 bits per heavy atom. The lowest BCUT2D eigenvalue weighted by Crippen LogP contribution is -2.12. The summed E-state index contributed by atoms with van der Waals surface area (Å²) in [4.78, 5) is 0. The number of H-pyrrole nitrogens is 1. The Kier molecular flexibility index (Phi) is 2.33. The van der Waals surface area contributed by atoms with Gasteiger partial charge in [-0.1, -0.05) is 6.08 Å². The second kappa shape index (κ2) is 3.65. The maximum atomic E-state index is 5.91. The van der Waals surface area contributed by atoms with Gasteiger partial charge in [0.1, 0.15) is 0 Å². The number of nitrogens with two attached hydrogens (primary N) is 1. The number of anilines is 2. The lowest BCUT2D eigenvalue weighted by molar-refractivity contribution is 1.00. The van der Waals surface area contributed by atoms with Crippen LogP contribution in [0.3, 0.4) is 0 Å². The van der Waals surface area contributed by atoms with Gasteiger partial charge in [0.05, 0.1) is 23.1 Å². The molecular formula is C11H14N4. The molecule has 1 aromatic carbocycles. The highest BCUT2D eigenvalue weighted by Crippen LogP contribution is 2.25. The van der Waals surface area contributed by atoms with Crippen LogP contribution in [0, 0.1) is 0 Å². The summed E-state index contributed by atoms with van der Waals surface area (Å²) in [6.07, 6.45) is 3.59. The summed E-state index contributed by atoms with van der Waals surface area (Å²) in [5.41, 5.74) is 8.51. The van der Waals surface area contributed by atoms with Crippen LogP contribution in [-0.2, 0) is 0 Å². The first-order valence-electron chi connectivity index (χ1n) is 4.82. The molecule has 1 aromatic heterocycles. The fraction of sp³-hybridized carbons (Fsp3) is 0.182. The molecule has 0 amide bonds. The van der Waals surface area contributed by atoms with Crippen LogP contribution in [0.25, 0.3) is 10.9 Å². The molecule has 4 heteroatoms. The normalized spacial score (nSPS) is 12.6. The van der Waals surface area contributed by atoms with E-state index in [1.54, 1.807) is 6.20 Å². The summed E-state index contributed by atoms with van der Waals surface area (Å²) in [7, 11) is 0. The second-order valence-corrected chi connectivity index (χ2v) is 3.57.